The topological polar surface area (TPSA) is 0 Å². The van der Waals surface area contributed by atoms with Gasteiger partial charge in [0.1, 0.15) is 24.2 Å². The van der Waals surface area contributed by atoms with Crippen molar-refractivity contribution in [3.05, 3.63) is 121 Å². The summed E-state index contributed by atoms with van der Waals surface area (Å²) in [6, 6.07) is 3.27. The van der Waals surface area contributed by atoms with Gasteiger partial charge in [0.05, 0.1) is 0 Å². The molecule has 4 heteroatoms. The molecule has 0 aromatic carbocycles. The molecule has 0 aromatic heterocycles. The first-order valence-electron chi connectivity index (χ1n) is 10.6. The first kappa shape index (κ1) is 28.3. The van der Waals surface area contributed by atoms with E-state index in [1.807, 2.05) is 0 Å². The molecular formula is C26H42Si4. The fraction of sp³-hybridized carbons (Fsp3) is 0.231. The zero-order chi connectivity index (χ0) is 23.3. The molecule has 0 radical (unpaired) electrons. The van der Waals surface area contributed by atoms with E-state index >= 15 is 0 Å². The van der Waals surface area contributed by atoms with Crippen LogP contribution in [0.25, 0.3) is 0 Å². The largest absolute Gasteiger partial charge is 0.124 e. The van der Waals surface area contributed by atoms with E-state index in [1.165, 1.54) is 0 Å². The van der Waals surface area contributed by atoms with Crippen LogP contribution in [-0.2, 0) is 0 Å². The fourth-order valence-corrected chi connectivity index (χ4v) is 10.4. The van der Waals surface area contributed by atoms with Crippen molar-refractivity contribution >= 4 is 34.5 Å². The molecule has 0 nitrogen and oxygen atoms in total. The van der Waals surface area contributed by atoms with Gasteiger partial charge in [-0.15, -0.1) is 59.2 Å². The lowest BCUT2D eigenvalue weighted by molar-refractivity contribution is 0.924. The maximum Gasteiger partial charge on any atom is 0.124 e. The SMILES string of the molecule is C=C[Si](C=C)(C=C)CCC([SiH3])=C(CC[Si](C=C)(C=C)C=C)CC[Si](C=C)(C=C)C=C. The maximum absolute atomic E-state index is 4.08. The van der Waals surface area contributed by atoms with Crippen LogP contribution < -0.4 is 0 Å². The molecule has 0 saturated carbocycles. The average Bonchev–Trinajstić information content (AvgIpc) is 2.80. The van der Waals surface area contributed by atoms with E-state index in [4.69, 9.17) is 0 Å². The normalized spacial score (nSPS) is 11.6. The van der Waals surface area contributed by atoms with Crippen molar-refractivity contribution in [3.63, 3.8) is 0 Å². The summed E-state index contributed by atoms with van der Waals surface area (Å²) in [4.78, 5) is 0. The third kappa shape index (κ3) is 7.51. The Morgan fingerprint density at radius 3 is 0.933 bits per heavy atom. The molecule has 0 amide bonds. The average molecular weight is 467 g/mol. The van der Waals surface area contributed by atoms with E-state index in [1.54, 1.807) is 10.8 Å². The molecule has 0 rings (SSSR count). The number of allylic oxidation sites excluding steroid dienone is 2. The quantitative estimate of drug-likeness (QED) is 0.198. The smallest absolute Gasteiger partial charge is 0.106 e. The van der Waals surface area contributed by atoms with Crippen LogP contribution in [0.2, 0.25) is 18.1 Å². The number of hydrogen-bond acceptors (Lipinski definition) is 0. The molecule has 0 heterocycles. The Kier molecular flexibility index (Phi) is 12.8. The third-order valence-corrected chi connectivity index (χ3v) is 18.1. The van der Waals surface area contributed by atoms with E-state index in [0.29, 0.717) is 0 Å². The van der Waals surface area contributed by atoms with Gasteiger partial charge in [-0.1, -0.05) is 62.1 Å². The summed E-state index contributed by atoms with van der Waals surface area (Å²) in [7, 11) is -4.37. The molecule has 0 atom stereocenters. The van der Waals surface area contributed by atoms with Crippen LogP contribution >= 0.6 is 0 Å². The minimum absolute atomic E-state index is 1.06. The first-order chi connectivity index (χ1) is 14.2. The lowest BCUT2D eigenvalue weighted by Crippen LogP contribution is -2.28. The van der Waals surface area contributed by atoms with Crippen LogP contribution in [-0.4, -0.2) is 34.5 Å². The van der Waals surface area contributed by atoms with Gasteiger partial charge in [0.15, 0.2) is 0 Å². The van der Waals surface area contributed by atoms with Gasteiger partial charge in [0.2, 0.25) is 0 Å². The summed E-state index contributed by atoms with van der Waals surface area (Å²) in [5, 5.41) is 1.61. The molecule has 0 N–H and O–H groups in total. The van der Waals surface area contributed by atoms with Crippen LogP contribution in [0.15, 0.2) is 121 Å². The minimum atomic E-state index is -1.82. The van der Waals surface area contributed by atoms with Gasteiger partial charge in [0.25, 0.3) is 0 Å². The van der Waals surface area contributed by atoms with Crippen molar-refractivity contribution in [1.82, 2.24) is 0 Å². The van der Waals surface area contributed by atoms with Gasteiger partial charge in [-0.2, -0.15) is 0 Å². The zero-order valence-corrected chi connectivity index (χ0v) is 24.3. The highest BCUT2D eigenvalue weighted by Crippen LogP contribution is 2.30. The van der Waals surface area contributed by atoms with Crippen molar-refractivity contribution in [2.24, 2.45) is 0 Å². The molecule has 0 aliphatic rings. The Hall–Kier alpha value is -1.73. The molecule has 30 heavy (non-hydrogen) atoms. The van der Waals surface area contributed by atoms with Crippen molar-refractivity contribution in [1.29, 1.82) is 0 Å². The molecule has 0 unspecified atom stereocenters. The van der Waals surface area contributed by atoms with Crippen molar-refractivity contribution < 1.29 is 0 Å². The lowest BCUT2D eigenvalue weighted by Gasteiger charge is -2.26. The van der Waals surface area contributed by atoms with Crippen LogP contribution in [0.3, 0.4) is 0 Å². The summed E-state index contributed by atoms with van der Waals surface area (Å²) in [5.74, 6) is 0. The zero-order valence-electron chi connectivity index (χ0n) is 19.3. The summed E-state index contributed by atoms with van der Waals surface area (Å²) < 4.78 is 0. The Morgan fingerprint density at radius 2 is 0.700 bits per heavy atom. The highest BCUT2D eigenvalue weighted by Gasteiger charge is 2.26. The van der Waals surface area contributed by atoms with E-state index in [2.05, 4.69) is 111 Å². The van der Waals surface area contributed by atoms with Crippen molar-refractivity contribution in [3.8, 4) is 0 Å². The summed E-state index contributed by atoms with van der Waals surface area (Å²) in [6.07, 6.45) is 3.26. The number of rotatable bonds is 18. The second kappa shape index (κ2) is 13.5. The molecule has 0 bridgehead atoms. The summed E-state index contributed by atoms with van der Waals surface area (Å²) in [5.41, 5.74) is 20.4. The van der Waals surface area contributed by atoms with Gasteiger partial charge < -0.3 is 0 Å². The Balaban J connectivity index is 5.83. The fourth-order valence-electron chi connectivity index (χ4n) is 3.54. The molecule has 0 aromatic rings. The van der Waals surface area contributed by atoms with Gasteiger partial charge >= 0.3 is 0 Å². The van der Waals surface area contributed by atoms with Crippen molar-refractivity contribution in [2.45, 2.75) is 37.4 Å². The first-order valence-corrected chi connectivity index (χ1v) is 19.0. The molecule has 0 spiro atoms. The Bertz CT molecular complexity index is 620. The Labute approximate surface area is 192 Å². The standard InChI is InChI=1S/C26H42Si4/c1-10-28(11-2,12-3)22-19-25(20-23-29(13-4,14-5)15-6)26(27)21-24-30(16-7,17-8)18-9/h10-18H,1-9,19-24H2,27H3. The van der Waals surface area contributed by atoms with E-state index < -0.39 is 24.2 Å². The lowest BCUT2D eigenvalue weighted by atomic mass is 10.1. The summed E-state index contributed by atoms with van der Waals surface area (Å²) >= 11 is 0. The molecule has 162 valence electrons. The maximum atomic E-state index is 4.08. The molecule has 0 saturated heterocycles. The van der Waals surface area contributed by atoms with Gasteiger partial charge in [-0.05, 0) is 37.4 Å². The highest BCUT2D eigenvalue weighted by atomic mass is 28.3. The molecule has 0 aliphatic heterocycles. The third-order valence-electron chi connectivity index (χ3n) is 6.68. The summed E-state index contributed by atoms with van der Waals surface area (Å²) in [6.45, 7) is 36.6. The van der Waals surface area contributed by atoms with Crippen molar-refractivity contribution in [2.75, 3.05) is 0 Å². The monoisotopic (exact) mass is 466 g/mol. The molecule has 0 fully saturated rings. The van der Waals surface area contributed by atoms with Gasteiger partial charge in [-0.25, -0.2) is 0 Å². The van der Waals surface area contributed by atoms with Crippen LogP contribution in [0.5, 0.6) is 0 Å². The van der Waals surface area contributed by atoms with Gasteiger partial charge in [-0.3, -0.25) is 0 Å². The van der Waals surface area contributed by atoms with Crippen LogP contribution in [0.4, 0.5) is 0 Å². The Morgan fingerprint density at radius 1 is 0.467 bits per heavy atom. The second-order valence-corrected chi connectivity index (χ2v) is 21.1. The second-order valence-electron chi connectivity index (χ2n) is 8.06. The van der Waals surface area contributed by atoms with Crippen LogP contribution in [0.1, 0.15) is 19.3 Å². The molecule has 0 aliphatic carbocycles. The molecular weight excluding hydrogens is 425 g/mol. The predicted molar refractivity (Wildman–Crippen MR) is 154 cm³/mol. The van der Waals surface area contributed by atoms with E-state index in [9.17, 15) is 0 Å². The predicted octanol–water partition coefficient (Wildman–Crippen LogP) is 6.65. The van der Waals surface area contributed by atoms with E-state index in [-0.39, 0.29) is 0 Å². The minimum Gasteiger partial charge on any atom is -0.106 e. The van der Waals surface area contributed by atoms with Crippen LogP contribution in [0, 0.1) is 0 Å². The highest BCUT2D eigenvalue weighted by molar-refractivity contribution is 6.94. The van der Waals surface area contributed by atoms with E-state index in [0.717, 1.165) is 47.6 Å². The van der Waals surface area contributed by atoms with Gasteiger partial charge in [0, 0.05) is 10.2 Å². The number of hydrogen-bond donors (Lipinski definition) is 0.